The third kappa shape index (κ3) is 4.06. The number of halogens is 1. The highest BCUT2D eigenvalue weighted by atomic mass is 79.9. The number of nitrogens with two attached hydrogens (primary N) is 1. The van der Waals surface area contributed by atoms with Crippen molar-refractivity contribution in [1.29, 1.82) is 0 Å². The number of nitrogens with zero attached hydrogens (tertiary/aromatic N) is 2. The number of nitrogens with one attached hydrogen (secondary N) is 1. The zero-order valence-electron chi connectivity index (χ0n) is 13.5. The van der Waals surface area contributed by atoms with Crippen LogP contribution in [0.1, 0.15) is 24.0 Å². The van der Waals surface area contributed by atoms with Gasteiger partial charge in [-0.25, -0.2) is 0 Å². The standard InChI is InChI=1S/C18H21BrN4O/c19-14-8-9-17(24)23(12-14)11-10-21-18(20)22-16-7-3-5-13-4-1-2-6-15(13)16/h3,5,7-9,12H,1-2,4,6,10-11H2,(H3,20,21,22). The van der Waals surface area contributed by atoms with Crippen LogP contribution in [0.4, 0.5) is 5.69 Å². The third-order valence-electron chi connectivity index (χ3n) is 4.23. The molecule has 1 aromatic heterocycles. The summed E-state index contributed by atoms with van der Waals surface area (Å²) in [5.74, 6) is 0.386. The molecule has 3 N–H and O–H groups in total. The predicted octanol–water partition coefficient (Wildman–Crippen LogP) is 2.92. The van der Waals surface area contributed by atoms with E-state index in [1.54, 1.807) is 16.8 Å². The van der Waals surface area contributed by atoms with Crippen molar-refractivity contribution in [3.8, 4) is 0 Å². The van der Waals surface area contributed by atoms with Gasteiger partial charge in [0.1, 0.15) is 0 Å². The first-order chi connectivity index (χ1) is 11.6. The molecule has 0 saturated heterocycles. The fourth-order valence-corrected chi connectivity index (χ4v) is 3.41. The normalized spacial score (nSPS) is 14.3. The molecule has 1 heterocycles. The number of guanidine groups is 1. The van der Waals surface area contributed by atoms with Gasteiger partial charge < -0.3 is 15.6 Å². The van der Waals surface area contributed by atoms with Gasteiger partial charge in [-0.05, 0) is 64.9 Å². The van der Waals surface area contributed by atoms with Crippen LogP contribution < -0.4 is 16.6 Å². The second-order valence-corrected chi connectivity index (χ2v) is 6.84. The van der Waals surface area contributed by atoms with Crippen molar-refractivity contribution >= 4 is 27.6 Å². The molecule has 0 atom stereocenters. The van der Waals surface area contributed by atoms with E-state index in [9.17, 15) is 4.79 Å². The first-order valence-corrected chi connectivity index (χ1v) is 8.96. The van der Waals surface area contributed by atoms with E-state index in [4.69, 9.17) is 5.73 Å². The lowest BCUT2D eigenvalue weighted by atomic mass is 9.90. The van der Waals surface area contributed by atoms with Crippen LogP contribution in [-0.4, -0.2) is 17.1 Å². The fourth-order valence-electron chi connectivity index (χ4n) is 3.03. The van der Waals surface area contributed by atoms with Crippen molar-refractivity contribution in [2.75, 3.05) is 11.9 Å². The number of aliphatic imine (C=N–C) groups is 1. The van der Waals surface area contributed by atoms with Crippen molar-refractivity contribution < 1.29 is 0 Å². The highest BCUT2D eigenvalue weighted by molar-refractivity contribution is 9.10. The lowest BCUT2D eigenvalue weighted by molar-refractivity contribution is 0.679. The Balaban J connectivity index is 1.65. The Morgan fingerprint density at radius 1 is 1.25 bits per heavy atom. The van der Waals surface area contributed by atoms with Gasteiger partial charge in [-0.2, -0.15) is 0 Å². The van der Waals surface area contributed by atoms with Crippen molar-refractivity contribution in [3.63, 3.8) is 0 Å². The highest BCUT2D eigenvalue weighted by Gasteiger charge is 2.13. The Labute approximate surface area is 149 Å². The molecule has 0 aliphatic heterocycles. The minimum Gasteiger partial charge on any atom is -0.370 e. The zero-order chi connectivity index (χ0) is 16.9. The monoisotopic (exact) mass is 388 g/mol. The largest absolute Gasteiger partial charge is 0.370 e. The average Bonchev–Trinajstić information content (AvgIpc) is 2.58. The van der Waals surface area contributed by atoms with Crippen molar-refractivity contribution in [2.24, 2.45) is 10.7 Å². The number of benzene rings is 1. The van der Waals surface area contributed by atoms with Crippen LogP contribution in [0.15, 0.2) is 50.8 Å². The fraction of sp³-hybridized carbons (Fsp3) is 0.333. The highest BCUT2D eigenvalue weighted by Crippen LogP contribution is 2.27. The molecule has 5 nitrogen and oxygen atoms in total. The van der Waals surface area contributed by atoms with E-state index in [0.717, 1.165) is 23.0 Å². The number of rotatable bonds is 4. The number of hydrogen-bond donors (Lipinski definition) is 2. The van der Waals surface area contributed by atoms with Crippen molar-refractivity contribution in [1.82, 2.24) is 4.57 Å². The van der Waals surface area contributed by atoms with Crippen LogP contribution in [0.3, 0.4) is 0 Å². The summed E-state index contributed by atoms with van der Waals surface area (Å²) in [6.07, 6.45) is 6.44. The van der Waals surface area contributed by atoms with Gasteiger partial charge in [0, 0.05) is 29.0 Å². The number of aromatic nitrogens is 1. The minimum atomic E-state index is -0.0444. The second-order valence-electron chi connectivity index (χ2n) is 5.92. The summed E-state index contributed by atoms with van der Waals surface area (Å²) in [5, 5.41) is 3.21. The van der Waals surface area contributed by atoms with Crippen LogP contribution in [0.25, 0.3) is 0 Å². The van der Waals surface area contributed by atoms with E-state index in [-0.39, 0.29) is 5.56 Å². The molecular formula is C18H21BrN4O. The van der Waals surface area contributed by atoms with Gasteiger partial charge in [-0.15, -0.1) is 0 Å². The van der Waals surface area contributed by atoms with E-state index in [1.807, 2.05) is 6.07 Å². The molecule has 0 fully saturated rings. The van der Waals surface area contributed by atoms with E-state index in [1.165, 1.54) is 30.0 Å². The molecule has 0 bridgehead atoms. The molecule has 126 valence electrons. The molecule has 0 radical (unpaired) electrons. The molecule has 0 amide bonds. The summed E-state index contributed by atoms with van der Waals surface area (Å²) >= 11 is 3.36. The molecular weight excluding hydrogens is 368 g/mol. The molecule has 1 aliphatic rings. The Bertz CT molecular complexity index is 813. The maximum absolute atomic E-state index is 11.7. The molecule has 1 aromatic carbocycles. The number of hydrogen-bond acceptors (Lipinski definition) is 2. The van der Waals surface area contributed by atoms with Gasteiger partial charge in [-0.3, -0.25) is 9.79 Å². The maximum Gasteiger partial charge on any atom is 0.250 e. The molecule has 0 spiro atoms. The Hall–Kier alpha value is -2.08. The van der Waals surface area contributed by atoms with Crippen LogP contribution in [0.2, 0.25) is 0 Å². The third-order valence-corrected chi connectivity index (χ3v) is 4.70. The molecule has 0 saturated carbocycles. The minimum absolute atomic E-state index is 0.0444. The first-order valence-electron chi connectivity index (χ1n) is 8.17. The van der Waals surface area contributed by atoms with Crippen LogP contribution in [0, 0.1) is 0 Å². The number of aryl methyl sites for hydroxylation is 1. The van der Waals surface area contributed by atoms with Crippen molar-refractivity contribution in [3.05, 3.63) is 62.5 Å². The van der Waals surface area contributed by atoms with Gasteiger partial charge in [-0.1, -0.05) is 12.1 Å². The summed E-state index contributed by atoms with van der Waals surface area (Å²) in [4.78, 5) is 16.1. The number of pyridine rings is 1. The quantitative estimate of drug-likeness (QED) is 0.624. The summed E-state index contributed by atoms with van der Waals surface area (Å²) in [6.45, 7) is 0.942. The van der Waals surface area contributed by atoms with Crippen molar-refractivity contribution in [2.45, 2.75) is 32.2 Å². The van der Waals surface area contributed by atoms with Gasteiger partial charge in [0.05, 0.1) is 6.54 Å². The molecule has 3 rings (SSSR count). The first kappa shape index (κ1) is 16.8. The Morgan fingerprint density at radius 2 is 2.08 bits per heavy atom. The van der Waals surface area contributed by atoms with Crippen LogP contribution in [0.5, 0.6) is 0 Å². The lowest BCUT2D eigenvalue weighted by Gasteiger charge is -2.19. The summed E-state index contributed by atoms with van der Waals surface area (Å²) in [7, 11) is 0. The second kappa shape index (κ2) is 7.66. The van der Waals surface area contributed by atoms with Gasteiger partial charge >= 0.3 is 0 Å². The summed E-state index contributed by atoms with van der Waals surface area (Å²) in [6, 6.07) is 9.56. The molecule has 6 heteroatoms. The lowest BCUT2D eigenvalue weighted by Crippen LogP contribution is -2.26. The number of fused-ring (bicyclic) bond motifs is 1. The molecule has 2 aromatic rings. The van der Waals surface area contributed by atoms with E-state index < -0.39 is 0 Å². The summed E-state index contributed by atoms with van der Waals surface area (Å²) < 4.78 is 2.48. The molecule has 1 aliphatic carbocycles. The van der Waals surface area contributed by atoms with Crippen LogP contribution in [-0.2, 0) is 19.4 Å². The molecule has 0 unspecified atom stereocenters. The topological polar surface area (TPSA) is 72.4 Å². The average molecular weight is 389 g/mol. The SMILES string of the molecule is NC(=NCCn1cc(Br)ccc1=O)Nc1cccc2c1CCCC2. The van der Waals surface area contributed by atoms with Crippen LogP contribution >= 0.6 is 15.9 Å². The van der Waals surface area contributed by atoms with E-state index >= 15 is 0 Å². The zero-order valence-corrected chi connectivity index (χ0v) is 15.1. The van der Waals surface area contributed by atoms with Gasteiger partial charge in [0.25, 0.3) is 5.56 Å². The summed E-state index contributed by atoms with van der Waals surface area (Å²) in [5.41, 5.74) is 9.77. The van der Waals surface area contributed by atoms with Gasteiger partial charge in [0.2, 0.25) is 0 Å². The number of anilines is 1. The van der Waals surface area contributed by atoms with E-state index in [2.05, 4.69) is 38.4 Å². The Morgan fingerprint density at radius 3 is 2.96 bits per heavy atom. The maximum atomic E-state index is 11.7. The smallest absolute Gasteiger partial charge is 0.250 e. The molecule has 24 heavy (non-hydrogen) atoms. The van der Waals surface area contributed by atoms with Gasteiger partial charge in [0.15, 0.2) is 5.96 Å². The Kier molecular flexibility index (Phi) is 5.35. The van der Waals surface area contributed by atoms with E-state index in [0.29, 0.717) is 19.0 Å². The predicted molar refractivity (Wildman–Crippen MR) is 102 cm³/mol.